The van der Waals surface area contributed by atoms with Crippen LogP contribution in [0.5, 0.6) is 0 Å². The third kappa shape index (κ3) is 3.54. The van der Waals surface area contributed by atoms with Crippen LogP contribution in [0.3, 0.4) is 0 Å². The van der Waals surface area contributed by atoms with Crippen LogP contribution in [0, 0.1) is 0 Å². The minimum Gasteiger partial charge on any atom is -0.375 e. The normalized spacial score (nSPS) is 24.2. The van der Waals surface area contributed by atoms with Gasteiger partial charge in [-0.05, 0) is 12.8 Å². The Morgan fingerprint density at radius 3 is 2.86 bits per heavy atom. The number of nitrogens with zero attached hydrogens (tertiary/aromatic N) is 3. The average molecular weight is 391 g/mol. The summed E-state index contributed by atoms with van der Waals surface area (Å²) in [6, 6.07) is 0. The van der Waals surface area contributed by atoms with Gasteiger partial charge in [-0.15, -0.1) is 0 Å². The number of piperidine rings is 1. The second kappa shape index (κ2) is 8.18. The van der Waals surface area contributed by atoms with Crippen molar-refractivity contribution < 1.29 is 19.1 Å². The lowest BCUT2D eigenvalue weighted by Gasteiger charge is -2.50. The zero-order chi connectivity index (χ0) is 19.6. The van der Waals surface area contributed by atoms with Gasteiger partial charge in [0.05, 0.1) is 36.7 Å². The van der Waals surface area contributed by atoms with Crippen molar-refractivity contribution in [2.24, 2.45) is 0 Å². The number of carbonyl (C=O) groups excluding carboxylic acids is 2. The number of morpholine rings is 1. The molecule has 1 spiro atoms. The summed E-state index contributed by atoms with van der Waals surface area (Å²) in [5.74, 6) is 0.106. The number of likely N-dealkylation sites (tertiary alicyclic amines) is 1. The van der Waals surface area contributed by atoms with E-state index in [2.05, 4.69) is 15.3 Å². The quantitative estimate of drug-likeness (QED) is 0.727. The number of amides is 2. The highest BCUT2D eigenvalue weighted by Gasteiger charge is 2.49. The van der Waals surface area contributed by atoms with Crippen molar-refractivity contribution in [1.29, 1.82) is 0 Å². The maximum absolute atomic E-state index is 12.7. The van der Waals surface area contributed by atoms with Crippen LogP contribution < -0.4 is 5.32 Å². The summed E-state index contributed by atoms with van der Waals surface area (Å²) in [4.78, 5) is 37.1. The van der Waals surface area contributed by atoms with Gasteiger partial charge in [0.15, 0.2) is 0 Å². The molecule has 0 aromatic carbocycles. The molecule has 2 fully saturated rings. The van der Waals surface area contributed by atoms with Gasteiger partial charge >= 0.3 is 0 Å². The number of hydrogen-bond acceptors (Lipinski definition) is 6. The molecule has 0 radical (unpaired) electrons. The first-order chi connectivity index (χ1) is 13.6. The van der Waals surface area contributed by atoms with E-state index in [1.165, 1.54) is 7.11 Å². The number of rotatable bonds is 4. The van der Waals surface area contributed by atoms with Crippen LogP contribution in [0.2, 0.25) is 0 Å². The first-order valence-electron chi connectivity index (χ1n) is 10.1. The van der Waals surface area contributed by atoms with Crippen molar-refractivity contribution >= 4 is 11.8 Å². The van der Waals surface area contributed by atoms with Gasteiger partial charge in [-0.3, -0.25) is 9.59 Å². The Morgan fingerprint density at radius 2 is 2.14 bits per heavy atom. The first-order valence-corrected chi connectivity index (χ1v) is 10.1. The van der Waals surface area contributed by atoms with Crippen LogP contribution in [-0.4, -0.2) is 90.7 Å². The Balaban J connectivity index is 1.47. The molecule has 2 saturated heterocycles. The smallest absolute Gasteiger partial charge is 0.249 e. The van der Waals surface area contributed by atoms with E-state index in [0.717, 1.165) is 30.9 Å². The molecule has 28 heavy (non-hydrogen) atoms. The third-order valence-electron chi connectivity index (χ3n) is 6.18. The molecule has 1 aromatic rings. The summed E-state index contributed by atoms with van der Waals surface area (Å²) < 4.78 is 10.8. The summed E-state index contributed by atoms with van der Waals surface area (Å²) in [6.45, 7) is 4.15. The highest BCUT2D eigenvalue weighted by atomic mass is 16.5. The molecule has 1 aromatic heterocycles. The molecule has 0 saturated carbocycles. The number of H-pyrrole nitrogens is 1. The van der Waals surface area contributed by atoms with Crippen LogP contribution >= 0.6 is 0 Å². The van der Waals surface area contributed by atoms with E-state index < -0.39 is 5.54 Å². The molecule has 4 heterocycles. The fourth-order valence-corrected chi connectivity index (χ4v) is 4.75. The maximum Gasteiger partial charge on any atom is 0.249 e. The molecular formula is C19H29N5O4. The van der Waals surface area contributed by atoms with Gasteiger partial charge in [0.2, 0.25) is 11.8 Å². The SMILES string of the molecule is COCC(=O)N1CCc2[nH]cnc2C12CCN(C(=O)C[C@@H]1CNCCO1)CC2. The summed E-state index contributed by atoms with van der Waals surface area (Å²) in [5, 5.41) is 3.26. The number of aromatic amines is 1. The molecule has 4 rings (SSSR count). The monoisotopic (exact) mass is 391 g/mol. The van der Waals surface area contributed by atoms with Crippen molar-refractivity contribution in [2.75, 3.05) is 53.0 Å². The number of ether oxygens (including phenoxy) is 2. The Kier molecular flexibility index (Phi) is 5.65. The third-order valence-corrected chi connectivity index (χ3v) is 6.18. The van der Waals surface area contributed by atoms with Crippen LogP contribution in [-0.2, 0) is 31.0 Å². The predicted molar refractivity (Wildman–Crippen MR) is 101 cm³/mol. The van der Waals surface area contributed by atoms with E-state index in [1.54, 1.807) is 6.33 Å². The predicted octanol–water partition coefficient (Wildman–Crippen LogP) is -0.363. The molecule has 0 bridgehead atoms. The highest BCUT2D eigenvalue weighted by Crippen LogP contribution is 2.42. The van der Waals surface area contributed by atoms with Gasteiger partial charge in [-0.25, -0.2) is 4.98 Å². The number of methoxy groups -OCH3 is 1. The van der Waals surface area contributed by atoms with Crippen molar-refractivity contribution in [3.63, 3.8) is 0 Å². The van der Waals surface area contributed by atoms with E-state index >= 15 is 0 Å². The Labute approximate surface area is 164 Å². The van der Waals surface area contributed by atoms with Gasteiger partial charge < -0.3 is 29.6 Å². The number of carbonyl (C=O) groups is 2. The van der Waals surface area contributed by atoms with E-state index in [4.69, 9.17) is 9.47 Å². The second-order valence-corrected chi connectivity index (χ2v) is 7.77. The van der Waals surface area contributed by atoms with Gasteiger partial charge in [0.25, 0.3) is 0 Å². The first kappa shape index (κ1) is 19.4. The molecule has 3 aliphatic heterocycles. The second-order valence-electron chi connectivity index (χ2n) is 7.77. The van der Waals surface area contributed by atoms with Crippen LogP contribution in [0.1, 0.15) is 30.7 Å². The molecule has 0 aliphatic carbocycles. The standard InChI is InChI=1S/C19H29N5O4/c1-27-12-17(26)24-6-2-15-18(22-13-21-15)19(24)3-7-23(8-4-19)16(25)10-14-11-20-5-9-28-14/h13-14,20H,2-12H2,1H3,(H,21,22)/t14-/m1/s1. The van der Waals surface area contributed by atoms with Crippen LogP contribution in [0.15, 0.2) is 6.33 Å². The number of nitrogens with one attached hydrogen (secondary N) is 2. The number of aromatic nitrogens is 2. The van der Waals surface area contributed by atoms with Crippen molar-refractivity contribution in [2.45, 2.75) is 37.3 Å². The number of fused-ring (bicyclic) bond motifs is 2. The summed E-state index contributed by atoms with van der Waals surface area (Å²) in [7, 11) is 1.54. The Morgan fingerprint density at radius 1 is 1.32 bits per heavy atom. The molecule has 1 atom stereocenters. The number of hydrogen-bond donors (Lipinski definition) is 2. The minimum absolute atomic E-state index is 0.0161. The Hall–Kier alpha value is -1.97. The lowest BCUT2D eigenvalue weighted by Crippen LogP contribution is -2.59. The summed E-state index contributed by atoms with van der Waals surface area (Å²) in [5.41, 5.74) is 1.60. The van der Waals surface area contributed by atoms with Gasteiger partial charge in [-0.2, -0.15) is 0 Å². The fraction of sp³-hybridized carbons (Fsp3) is 0.737. The zero-order valence-electron chi connectivity index (χ0n) is 16.4. The number of imidazole rings is 1. The van der Waals surface area contributed by atoms with Gasteiger partial charge in [-0.1, -0.05) is 0 Å². The average Bonchev–Trinajstić information content (AvgIpc) is 3.20. The molecule has 9 nitrogen and oxygen atoms in total. The summed E-state index contributed by atoms with van der Waals surface area (Å²) in [6.07, 6.45) is 4.21. The largest absolute Gasteiger partial charge is 0.375 e. The van der Waals surface area contributed by atoms with Crippen molar-refractivity contribution in [3.05, 3.63) is 17.7 Å². The maximum atomic E-state index is 12.7. The van der Waals surface area contributed by atoms with E-state index in [0.29, 0.717) is 45.5 Å². The van der Waals surface area contributed by atoms with Crippen LogP contribution in [0.25, 0.3) is 0 Å². The molecule has 2 amide bonds. The molecule has 0 unspecified atom stereocenters. The van der Waals surface area contributed by atoms with Crippen molar-refractivity contribution in [1.82, 2.24) is 25.1 Å². The lowest BCUT2D eigenvalue weighted by atomic mass is 9.78. The topological polar surface area (TPSA) is 99.8 Å². The fourth-order valence-electron chi connectivity index (χ4n) is 4.75. The molecule has 3 aliphatic rings. The molecule has 9 heteroatoms. The molecular weight excluding hydrogens is 362 g/mol. The summed E-state index contributed by atoms with van der Waals surface area (Å²) >= 11 is 0. The van der Waals surface area contributed by atoms with E-state index in [-0.39, 0.29) is 24.5 Å². The lowest BCUT2D eigenvalue weighted by molar-refractivity contribution is -0.148. The Bertz CT molecular complexity index is 707. The van der Waals surface area contributed by atoms with E-state index in [1.807, 2.05) is 9.80 Å². The minimum atomic E-state index is -0.455. The zero-order valence-corrected chi connectivity index (χ0v) is 16.4. The molecule has 2 N–H and O–H groups in total. The van der Waals surface area contributed by atoms with Gasteiger partial charge in [0.1, 0.15) is 6.61 Å². The highest BCUT2D eigenvalue weighted by molar-refractivity contribution is 5.79. The van der Waals surface area contributed by atoms with Gasteiger partial charge in [0, 0.05) is 51.9 Å². The van der Waals surface area contributed by atoms with Crippen molar-refractivity contribution in [3.8, 4) is 0 Å². The van der Waals surface area contributed by atoms with Crippen LogP contribution in [0.4, 0.5) is 0 Å². The molecule has 154 valence electrons. The van der Waals surface area contributed by atoms with E-state index in [9.17, 15) is 9.59 Å².